The van der Waals surface area contributed by atoms with E-state index in [-0.39, 0.29) is 16.9 Å². The molecule has 196 valence electrons. The molecule has 1 aliphatic carbocycles. The fourth-order valence-electron chi connectivity index (χ4n) is 3.79. The molecular weight excluding hydrogens is 527 g/mol. The molecule has 1 aliphatic rings. The standard InChI is InChI=1S/C17H11FN4.C6H12O.C4H3ClN2OS/c18-12-6-2-1-5-11(12)17-21-15-9-14(20-10-16(15)22-17)13-7-3-4-8-19-13;7-6-4-2-1-3-5-6;5-2-1-7-4(9-2)3(6)8/h1-10H,(H,21,22);6-7H,1-5H2;1H,(H2,6,8). The first-order valence-electron chi connectivity index (χ1n) is 12.0. The summed E-state index contributed by atoms with van der Waals surface area (Å²) in [4.78, 5) is 30.2. The summed E-state index contributed by atoms with van der Waals surface area (Å²) in [5.74, 6) is -0.348. The summed E-state index contributed by atoms with van der Waals surface area (Å²) in [7, 11) is 0. The number of aromatic nitrogens is 5. The van der Waals surface area contributed by atoms with Gasteiger partial charge in [0.1, 0.15) is 16.0 Å². The molecule has 0 saturated heterocycles. The number of aliphatic hydroxyl groups excluding tert-OH is 1. The van der Waals surface area contributed by atoms with Crippen molar-refractivity contribution < 1.29 is 14.3 Å². The molecule has 4 N–H and O–H groups in total. The van der Waals surface area contributed by atoms with E-state index in [0.29, 0.717) is 15.7 Å². The Balaban J connectivity index is 0.000000172. The fourth-order valence-corrected chi connectivity index (χ4v) is 4.56. The Morgan fingerprint density at radius 3 is 2.37 bits per heavy atom. The van der Waals surface area contributed by atoms with Crippen molar-refractivity contribution in [3.63, 3.8) is 0 Å². The van der Waals surface area contributed by atoms with Gasteiger partial charge < -0.3 is 15.8 Å². The minimum absolute atomic E-state index is 0.0359. The Morgan fingerprint density at radius 1 is 1.03 bits per heavy atom. The van der Waals surface area contributed by atoms with Crippen LogP contribution in [-0.4, -0.2) is 42.0 Å². The number of primary amides is 1. The number of hydrogen-bond acceptors (Lipinski definition) is 7. The van der Waals surface area contributed by atoms with Crippen LogP contribution < -0.4 is 5.73 Å². The van der Waals surface area contributed by atoms with E-state index >= 15 is 0 Å². The second-order valence-corrected chi connectivity index (χ2v) is 10.2. The highest BCUT2D eigenvalue weighted by molar-refractivity contribution is 7.17. The van der Waals surface area contributed by atoms with Crippen LogP contribution in [0.1, 0.15) is 41.9 Å². The van der Waals surface area contributed by atoms with Gasteiger partial charge in [0, 0.05) is 6.20 Å². The maximum Gasteiger partial charge on any atom is 0.277 e. The van der Waals surface area contributed by atoms with Gasteiger partial charge in [0.2, 0.25) is 0 Å². The second kappa shape index (κ2) is 13.2. The summed E-state index contributed by atoms with van der Waals surface area (Å²) in [5.41, 5.74) is 8.33. The lowest BCUT2D eigenvalue weighted by molar-refractivity contribution is 0.1000. The Kier molecular flexibility index (Phi) is 9.47. The van der Waals surface area contributed by atoms with Crippen LogP contribution in [0.25, 0.3) is 33.8 Å². The monoisotopic (exact) mass is 552 g/mol. The Bertz CT molecular complexity index is 1490. The predicted octanol–water partition coefficient (Wildman–Crippen LogP) is 6.03. The number of aromatic amines is 1. The summed E-state index contributed by atoms with van der Waals surface area (Å²) >= 11 is 6.53. The number of carbonyl (C=O) groups is 1. The summed E-state index contributed by atoms with van der Waals surface area (Å²) in [6, 6.07) is 14.0. The lowest BCUT2D eigenvalue weighted by Gasteiger charge is -2.14. The molecule has 0 unspecified atom stereocenters. The zero-order chi connectivity index (χ0) is 26.9. The molecule has 11 heteroatoms. The first-order chi connectivity index (χ1) is 18.4. The van der Waals surface area contributed by atoms with Crippen molar-refractivity contribution >= 4 is 39.9 Å². The average molecular weight is 553 g/mol. The third-order valence-corrected chi connectivity index (χ3v) is 6.82. The van der Waals surface area contributed by atoms with E-state index in [0.717, 1.165) is 46.6 Å². The highest BCUT2D eigenvalue weighted by Crippen LogP contribution is 2.25. The van der Waals surface area contributed by atoms with Crippen LogP contribution in [0.3, 0.4) is 0 Å². The number of nitrogens with zero attached hydrogens (tertiary/aromatic N) is 4. The SMILES string of the molecule is Fc1ccccc1-c1nc2cc(-c3ccccn3)ncc2[nH]1.NC(=O)c1ncc(Cl)s1.OC1CCCCC1. The van der Waals surface area contributed by atoms with Crippen molar-refractivity contribution in [1.82, 2.24) is 24.9 Å². The average Bonchev–Trinajstić information content (AvgIpc) is 3.56. The Hall–Kier alpha value is -3.73. The number of rotatable bonds is 3. The smallest absolute Gasteiger partial charge is 0.277 e. The minimum atomic E-state index is -0.535. The number of imidazole rings is 1. The molecule has 0 bridgehead atoms. The normalized spacial score (nSPS) is 13.2. The van der Waals surface area contributed by atoms with E-state index in [9.17, 15) is 9.18 Å². The maximum atomic E-state index is 13.9. The number of pyridine rings is 2. The number of hydrogen-bond donors (Lipinski definition) is 3. The van der Waals surface area contributed by atoms with Crippen LogP contribution in [0.2, 0.25) is 4.34 Å². The number of thiazole rings is 1. The van der Waals surface area contributed by atoms with E-state index in [1.807, 2.05) is 24.3 Å². The fraction of sp³-hybridized carbons (Fsp3) is 0.222. The van der Waals surface area contributed by atoms with Gasteiger partial charge in [0.25, 0.3) is 5.91 Å². The summed E-state index contributed by atoms with van der Waals surface area (Å²) in [6.07, 6.45) is 10.7. The van der Waals surface area contributed by atoms with Crippen LogP contribution >= 0.6 is 22.9 Å². The number of halogens is 2. The first kappa shape index (κ1) is 27.3. The highest BCUT2D eigenvalue weighted by Gasteiger charge is 2.11. The van der Waals surface area contributed by atoms with Gasteiger partial charge in [-0.05, 0) is 43.2 Å². The molecule has 0 radical (unpaired) electrons. The van der Waals surface area contributed by atoms with E-state index in [2.05, 4.69) is 24.9 Å². The van der Waals surface area contributed by atoms with Gasteiger partial charge in [0.05, 0.1) is 46.5 Å². The zero-order valence-corrected chi connectivity index (χ0v) is 21.9. The highest BCUT2D eigenvalue weighted by atomic mass is 35.5. The van der Waals surface area contributed by atoms with Crippen molar-refractivity contribution in [3.05, 3.63) is 82.3 Å². The van der Waals surface area contributed by atoms with Crippen LogP contribution in [0.4, 0.5) is 4.39 Å². The van der Waals surface area contributed by atoms with Gasteiger partial charge >= 0.3 is 0 Å². The molecule has 0 spiro atoms. The minimum Gasteiger partial charge on any atom is -0.393 e. The van der Waals surface area contributed by atoms with Crippen LogP contribution in [-0.2, 0) is 0 Å². The van der Waals surface area contributed by atoms with Gasteiger partial charge in [0.15, 0.2) is 5.01 Å². The molecule has 1 fully saturated rings. The molecule has 5 aromatic rings. The number of fused-ring (bicyclic) bond motifs is 1. The number of nitrogens with two attached hydrogens (primary N) is 1. The molecule has 38 heavy (non-hydrogen) atoms. The van der Waals surface area contributed by atoms with Gasteiger partial charge in [-0.2, -0.15) is 0 Å². The van der Waals surface area contributed by atoms with Crippen LogP contribution in [0.5, 0.6) is 0 Å². The van der Waals surface area contributed by atoms with Crippen molar-refractivity contribution in [3.8, 4) is 22.8 Å². The largest absolute Gasteiger partial charge is 0.393 e. The quantitative estimate of drug-likeness (QED) is 0.250. The lowest BCUT2D eigenvalue weighted by atomic mass is 9.98. The van der Waals surface area contributed by atoms with E-state index in [1.165, 1.54) is 31.5 Å². The summed E-state index contributed by atoms with van der Waals surface area (Å²) < 4.78 is 14.3. The van der Waals surface area contributed by atoms with Crippen molar-refractivity contribution in [2.75, 3.05) is 0 Å². The maximum absolute atomic E-state index is 13.9. The second-order valence-electron chi connectivity index (χ2n) is 8.49. The third kappa shape index (κ3) is 7.41. The van der Waals surface area contributed by atoms with Crippen LogP contribution in [0, 0.1) is 5.82 Å². The Labute approximate surface area is 227 Å². The molecule has 6 rings (SSSR count). The number of aliphatic hydroxyl groups is 1. The molecule has 1 amide bonds. The van der Waals surface area contributed by atoms with Crippen LogP contribution in [0.15, 0.2) is 67.1 Å². The predicted molar refractivity (Wildman–Crippen MR) is 147 cm³/mol. The molecule has 1 saturated carbocycles. The van der Waals surface area contributed by atoms with Crippen molar-refractivity contribution in [2.45, 2.75) is 38.2 Å². The first-order valence-corrected chi connectivity index (χ1v) is 13.2. The van der Waals surface area contributed by atoms with Gasteiger partial charge in [-0.15, -0.1) is 0 Å². The molecule has 4 aromatic heterocycles. The number of amides is 1. The molecule has 8 nitrogen and oxygen atoms in total. The van der Waals surface area contributed by atoms with E-state index in [4.69, 9.17) is 22.4 Å². The number of nitrogens with one attached hydrogen (secondary N) is 1. The van der Waals surface area contributed by atoms with Gasteiger partial charge in [-0.25, -0.2) is 14.4 Å². The summed E-state index contributed by atoms with van der Waals surface area (Å²) in [6.45, 7) is 0. The molecule has 1 aromatic carbocycles. The third-order valence-electron chi connectivity index (χ3n) is 5.69. The molecule has 0 aliphatic heterocycles. The lowest BCUT2D eigenvalue weighted by Crippen LogP contribution is -2.09. The van der Waals surface area contributed by atoms with Crippen molar-refractivity contribution in [2.24, 2.45) is 5.73 Å². The topological polar surface area (TPSA) is 131 Å². The Morgan fingerprint density at radius 2 is 1.79 bits per heavy atom. The van der Waals surface area contributed by atoms with E-state index in [1.54, 1.807) is 30.6 Å². The number of carbonyl (C=O) groups excluding carboxylic acids is 1. The zero-order valence-electron chi connectivity index (χ0n) is 20.3. The van der Waals surface area contributed by atoms with Gasteiger partial charge in [-0.1, -0.05) is 60.4 Å². The number of benzene rings is 1. The molecular formula is C27H26ClFN6O2S. The van der Waals surface area contributed by atoms with E-state index < -0.39 is 5.91 Å². The van der Waals surface area contributed by atoms with Crippen molar-refractivity contribution in [1.29, 1.82) is 0 Å². The molecule has 0 atom stereocenters. The number of H-pyrrole nitrogens is 1. The van der Waals surface area contributed by atoms with Gasteiger partial charge in [-0.3, -0.25) is 14.8 Å². The molecule has 4 heterocycles. The summed E-state index contributed by atoms with van der Waals surface area (Å²) in [5, 5.41) is 9.16.